The number of carboxylic acids is 1. The van der Waals surface area contributed by atoms with Crippen LogP contribution in [0.1, 0.15) is 133 Å². The number of amides is 1. The molecule has 13 nitrogen and oxygen atoms in total. The average molecular weight is 816 g/mol. The van der Waals surface area contributed by atoms with Gasteiger partial charge in [-0.1, -0.05) is 53.4 Å². The van der Waals surface area contributed by atoms with E-state index < -0.39 is 5.97 Å². The molecule has 2 aliphatic carbocycles. The van der Waals surface area contributed by atoms with Gasteiger partial charge in [-0.3, -0.25) is 28.5 Å². The molecule has 0 saturated carbocycles. The lowest BCUT2D eigenvalue weighted by Crippen LogP contribution is -2.24. The number of nitrogens with one attached hydrogen (secondary N) is 1. The van der Waals surface area contributed by atoms with Gasteiger partial charge in [0.2, 0.25) is 0 Å². The molecule has 0 aromatic carbocycles. The van der Waals surface area contributed by atoms with E-state index in [1.165, 1.54) is 51.8 Å². The number of fused-ring (bicyclic) bond motifs is 4. The van der Waals surface area contributed by atoms with Crippen LogP contribution >= 0.6 is 22.7 Å². The normalized spacial score (nSPS) is 13.6. The summed E-state index contributed by atoms with van der Waals surface area (Å²) in [4.78, 5) is 68.2. The zero-order valence-electron chi connectivity index (χ0n) is 34.5. The van der Waals surface area contributed by atoms with E-state index in [1.807, 2.05) is 27.7 Å². The Balaban J connectivity index is 0.000000205. The van der Waals surface area contributed by atoms with Crippen LogP contribution in [-0.4, -0.2) is 45.7 Å². The fourth-order valence-corrected chi connectivity index (χ4v) is 7.68. The lowest BCUT2D eigenvalue weighted by molar-refractivity contribution is 0.0696. The van der Waals surface area contributed by atoms with Crippen molar-refractivity contribution in [3.05, 3.63) is 113 Å². The van der Waals surface area contributed by atoms with Crippen molar-refractivity contribution in [1.29, 1.82) is 0 Å². The molecule has 0 radical (unpaired) electrons. The molecule has 6 heterocycles. The SMILES string of the molecule is CC.Cc1cnc(N)s1.Cc1cnc(NC(=O)c2ccn3c(=O)c4c(nc3c2)CCCCCC4)s1.O=C(O)c1ccn2c(=O)c3c(nc2c1)CCCCCC3.[2H]CC. The molecule has 15 heteroatoms. The van der Waals surface area contributed by atoms with Gasteiger partial charge in [-0.25, -0.2) is 24.7 Å². The van der Waals surface area contributed by atoms with Gasteiger partial charge in [0.25, 0.3) is 17.0 Å². The maximum Gasteiger partial charge on any atom is 0.335 e. The maximum absolute atomic E-state index is 12.8. The minimum Gasteiger partial charge on any atom is -0.478 e. The first-order chi connectivity index (χ1) is 28.0. The molecule has 0 aliphatic heterocycles. The third kappa shape index (κ3) is 11.9. The molecule has 2 aliphatic rings. The third-order valence-corrected chi connectivity index (χ3v) is 10.8. The molecule has 0 unspecified atom stereocenters. The highest BCUT2D eigenvalue weighted by atomic mass is 32.1. The smallest absolute Gasteiger partial charge is 0.335 e. The highest BCUT2D eigenvalue weighted by Crippen LogP contribution is 2.20. The number of carboxylic acid groups (broad SMARTS) is 1. The molecule has 6 aromatic rings. The second kappa shape index (κ2) is 21.9. The van der Waals surface area contributed by atoms with E-state index in [9.17, 15) is 19.2 Å². The van der Waals surface area contributed by atoms with E-state index >= 15 is 0 Å². The number of nitrogen functional groups attached to an aromatic ring is 1. The second-order valence-electron chi connectivity index (χ2n) is 13.1. The van der Waals surface area contributed by atoms with Gasteiger partial charge in [-0.05, 0) is 89.5 Å². The van der Waals surface area contributed by atoms with Gasteiger partial charge in [0, 0.05) is 52.6 Å². The summed E-state index contributed by atoms with van der Waals surface area (Å²) in [6.07, 6.45) is 18.6. The summed E-state index contributed by atoms with van der Waals surface area (Å²) in [6, 6.07) is 6.23. The van der Waals surface area contributed by atoms with Gasteiger partial charge in [0.05, 0.1) is 17.0 Å². The Morgan fingerprint density at radius 1 is 0.737 bits per heavy atom. The summed E-state index contributed by atoms with van der Waals surface area (Å²) in [7, 11) is 0. The van der Waals surface area contributed by atoms with Gasteiger partial charge in [0.1, 0.15) is 11.3 Å². The van der Waals surface area contributed by atoms with Crippen molar-refractivity contribution >= 4 is 56.1 Å². The van der Waals surface area contributed by atoms with Crippen LogP contribution in [0.3, 0.4) is 0 Å². The molecular weight excluding hydrogens is 761 g/mol. The Hall–Kier alpha value is -5.28. The third-order valence-electron chi connectivity index (χ3n) is 9.19. The van der Waals surface area contributed by atoms with Gasteiger partial charge >= 0.3 is 5.97 Å². The highest BCUT2D eigenvalue weighted by molar-refractivity contribution is 7.15. The average Bonchev–Trinajstić information content (AvgIpc) is 3.79. The number of aryl methyl sites for hydroxylation is 4. The number of hydrogen-bond acceptors (Lipinski definition) is 11. The van der Waals surface area contributed by atoms with Crippen molar-refractivity contribution in [2.75, 3.05) is 11.1 Å². The van der Waals surface area contributed by atoms with Gasteiger partial charge in [-0.15, -0.1) is 22.7 Å². The van der Waals surface area contributed by atoms with E-state index in [4.69, 9.17) is 17.2 Å². The number of pyridine rings is 2. The van der Waals surface area contributed by atoms with E-state index in [0.717, 1.165) is 103 Å². The number of nitrogens with zero attached hydrogens (tertiary/aromatic N) is 6. The van der Waals surface area contributed by atoms with Crippen LogP contribution in [0, 0.1) is 13.8 Å². The molecule has 304 valence electrons. The maximum atomic E-state index is 12.8. The Morgan fingerprint density at radius 2 is 1.19 bits per heavy atom. The quantitative estimate of drug-likeness (QED) is 0.156. The van der Waals surface area contributed by atoms with Crippen LogP contribution in [0.15, 0.2) is 58.6 Å². The topological polar surface area (TPSA) is 187 Å². The van der Waals surface area contributed by atoms with Crippen LogP contribution in [0.2, 0.25) is 0 Å². The zero-order valence-corrected chi connectivity index (χ0v) is 35.1. The molecule has 8 rings (SSSR count). The van der Waals surface area contributed by atoms with Gasteiger partial charge in [0.15, 0.2) is 10.3 Å². The number of aromatic carboxylic acids is 1. The highest BCUT2D eigenvalue weighted by Gasteiger charge is 2.18. The van der Waals surface area contributed by atoms with Crippen LogP contribution in [0.4, 0.5) is 10.3 Å². The molecule has 1 amide bonds. The molecule has 0 bridgehead atoms. The number of rotatable bonds is 3. The Morgan fingerprint density at radius 3 is 1.61 bits per heavy atom. The molecule has 0 spiro atoms. The van der Waals surface area contributed by atoms with Crippen LogP contribution in [-0.2, 0) is 25.7 Å². The summed E-state index contributed by atoms with van der Waals surface area (Å²) in [5.41, 5.74) is 10.2. The van der Waals surface area contributed by atoms with Crippen molar-refractivity contribution < 1.29 is 16.1 Å². The van der Waals surface area contributed by atoms with Crippen LogP contribution in [0.25, 0.3) is 11.3 Å². The number of thiazole rings is 2. The predicted octanol–water partition coefficient (Wildman–Crippen LogP) is 8.51. The number of hydrogen-bond donors (Lipinski definition) is 3. The molecule has 0 saturated heterocycles. The molecular formula is C42H54N8O5S2. The molecule has 0 atom stereocenters. The molecule has 6 aromatic heterocycles. The minimum atomic E-state index is -1.01. The summed E-state index contributed by atoms with van der Waals surface area (Å²) in [5.74, 6) is -1.25. The first-order valence-corrected chi connectivity index (χ1v) is 21.1. The lowest BCUT2D eigenvalue weighted by atomic mass is 9.98. The van der Waals surface area contributed by atoms with Crippen molar-refractivity contribution in [2.24, 2.45) is 0 Å². The largest absolute Gasteiger partial charge is 0.478 e. The number of nitrogens with two attached hydrogens (primary N) is 1. The molecule has 4 N–H and O–H groups in total. The van der Waals surface area contributed by atoms with E-state index in [2.05, 4.69) is 20.3 Å². The number of aromatic nitrogens is 6. The predicted molar refractivity (Wildman–Crippen MR) is 230 cm³/mol. The lowest BCUT2D eigenvalue weighted by Gasteiger charge is -2.14. The fraction of sp³-hybridized carbons (Fsp3) is 0.429. The molecule has 57 heavy (non-hydrogen) atoms. The zero-order chi connectivity index (χ0) is 42.2. The molecule has 0 fully saturated rings. The number of carbonyl (C=O) groups is 2. The Bertz CT molecular complexity index is 2410. The summed E-state index contributed by atoms with van der Waals surface area (Å²) in [5, 5.41) is 13.0. The van der Waals surface area contributed by atoms with Crippen LogP contribution in [0.5, 0.6) is 0 Å². The standard InChI is InChI=1S/C19H20N4O2S.C15H16N2O3.C4H6N2S.2C2H6/c1-12-11-20-19(26-12)22-17(24)13-8-9-23-16(10-13)21-15-7-5-3-2-4-6-14(15)18(23)25;18-14-11-5-3-1-2-4-6-12(11)16-13-9-10(15(19)20)7-8-17(13)14;1-3-2-6-4(5)7-3;2*1-2/h8-11H,2-7H2,1H3,(H,20,22,24);7-9H,1-6H2,(H,19,20);2H,1H3,(H2,5,6);2*1-2H3/i;;;1D;. The number of carbonyl (C=O) groups excluding carboxylic acids is 1. The van der Waals surface area contributed by atoms with Crippen molar-refractivity contribution in [2.45, 2.75) is 119 Å². The van der Waals surface area contributed by atoms with Crippen molar-refractivity contribution in [3.8, 4) is 0 Å². The van der Waals surface area contributed by atoms with Crippen molar-refractivity contribution in [1.82, 2.24) is 28.7 Å². The van der Waals surface area contributed by atoms with Crippen LogP contribution < -0.4 is 22.2 Å². The minimum absolute atomic E-state index is 0.00518. The monoisotopic (exact) mass is 815 g/mol. The van der Waals surface area contributed by atoms with E-state index in [0.29, 0.717) is 34.0 Å². The Labute approximate surface area is 342 Å². The first-order valence-electron chi connectivity index (χ1n) is 20.2. The van der Waals surface area contributed by atoms with Gasteiger partial charge in [-0.2, -0.15) is 0 Å². The summed E-state index contributed by atoms with van der Waals surface area (Å²) in [6.45, 7) is 10.2. The Kier molecular flexibility index (Phi) is 16.4. The fourth-order valence-electron chi connectivity index (χ4n) is 6.48. The second-order valence-corrected chi connectivity index (χ2v) is 15.6. The first kappa shape index (κ1) is 42.9. The summed E-state index contributed by atoms with van der Waals surface area (Å²) < 4.78 is 9.21. The van der Waals surface area contributed by atoms with E-state index in [-0.39, 0.29) is 22.6 Å². The number of anilines is 2. The van der Waals surface area contributed by atoms with Gasteiger partial charge < -0.3 is 10.8 Å². The van der Waals surface area contributed by atoms with Crippen molar-refractivity contribution in [3.63, 3.8) is 0 Å². The summed E-state index contributed by atoms with van der Waals surface area (Å²) >= 11 is 2.94. The van der Waals surface area contributed by atoms with E-state index in [1.54, 1.807) is 42.0 Å².